The van der Waals surface area contributed by atoms with Crippen LogP contribution in [0.15, 0.2) is 42.5 Å². The number of nitrogens with zero attached hydrogens (tertiary/aromatic N) is 3. The number of methoxy groups -OCH3 is 3. The smallest absolute Gasteiger partial charge is 0.327 e. The molecule has 0 bridgehead atoms. The number of imide groups is 1. The molecular formula is C27H34FN3O5. The molecule has 0 atom stereocenters. The molecule has 0 unspecified atom stereocenters. The Labute approximate surface area is 211 Å². The number of urea groups is 1. The summed E-state index contributed by atoms with van der Waals surface area (Å²) in [7, 11) is 4.78. The fourth-order valence-corrected chi connectivity index (χ4v) is 5.12. The Morgan fingerprint density at radius 1 is 0.917 bits per heavy atom. The van der Waals surface area contributed by atoms with Gasteiger partial charge in [0, 0.05) is 45.5 Å². The van der Waals surface area contributed by atoms with E-state index in [4.69, 9.17) is 14.2 Å². The fourth-order valence-electron chi connectivity index (χ4n) is 5.12. The summed E-state index contributed by atoms with van der Waals surface area (Å²) >= 11 is 0. The number of benzene rings is 2. The summed E-state index contributed by atoms with van der Waals surface area (Å²) in [6.45, 7) is 2.73. The van der Waals surface area contributed by atoms with Gasteiger partial charge < -0.3 is 19.1 Å². The zero-order valence-corrected chi connectivity index (χ0v) is 21.2. The first-order valence-electron chi connectivity index (χ1n) is 12.2. The van der Waals surface area contributed by atoms with Crippen LogP contribution in [0.5, 0.6) is 11.5 Å². The fraction of sp³-hybridized carbons (Fsp3) is 0.481. The number of hydrogen-bond acceptors (Lipinski definition) is 6. The number of hydrogen-bond donors (Lipinski definition) is 0. The molecule has 0 saturated carbocycles. The highest BCUT2D eigenvalue weighted by Crippen LogP contribution is 2.38. The van der Waals surface area contributed by atoms with Gasteiger partial charge in [-0.3, -0.25) is 14.6 Å². The molecule has 2 saturated heterocycles. The first-order valence-corrected chi connectivity index (χ1v) is 12.2. The van der Waals surface area contributed by atoms with Gasteiger partial charge in [-0.25, -0.2) is 9.18 Å². The normalized spacial score (nSPS) is 17.8. The van der Waals surface area contributed by atoms with E-state index in [0.717, 1.165) is 11.3 Å². The number of halogens is 1. The lowest BCUT2D eigenvalue weighted by molar-refractivity contribution is -0.136. The topological polar surface area (TPSA) is 71.6 Å². The van der Waals surface area contributed by atoms with Gasteiger partial charge in [-0.1, -0.05) is 12.1 Å². The quantitative estimate of drug-likeness (QED) is 0.367. The largest absolute Gasteiger partial charge is 0.497 e. The van der Waals surface area contributed by atoms with Crippen molar-refractivity contribution in [3.63, 3.8) is 0 Å². The molecule has 1 spiro atoms. The minimum absolute atomic E-state index is 0.159. The van der Waals surface area contributed by atoms with E-state index in [9.17, 15) is 14.0 Å². The summed E-state index contributed by atoms with van der Waals surface area (Å²) in [5.74, 6) is 0.883. The Bertz CT molecular complexity index is 1070. The molecule has 0 N–H and O–H groups in total. The van der Waals surface area contributed by atoms with Crippen LogP contribution < -0.4 is 9.47 Å². The van der Waals surface area contributed by atoms with Gasteiger partial charge in [-0.2, -0.15) is 0 Å². The Balaban J connectivity index is 1.50. The van der Waals surface area contributed by atoms with Gasteiger partial charge in [-0.15, -0.1) is 0 Å². The third-order valence-electron chi connectivity index (χ3n) is 7.18. The Hall–Kier alpha value is -3.17. The van der Waals surface area contributed by atoms with E-state index < -0.39 is 5.54 Å². The molecular weight excluding hydrogens is 465 g/mol. The predicted molar refractivity (Wildman–Crippen MR) is 132 cm³/mol. The molecule has 2 aromatic carbocycles. The molecule has 9 heteroatoms. The number of ether oxygens (including phenoxy) is 3. The molecule has 0 aliphatic carbocycles. The number of carbonyl (C=O) groups is 2. The van der Waals surface area contributed by atoms with Crippen molar-refractivity contribution in [2.24, 2.45) is 0 Å². The van der Waals surface area contributed by atoms with Gasteiger partial charge in [0.15, 0.2) is 0 Å². The maximum Gasteiger partial charge on any atom is 0.327 e. The van der Waals surface area contributed by atoms with Crippen LogP contribution >= 0.6 is 0 Å². The molecule has 2 aliphatic rings. The SMILES string of the molecule is COCCCN1C(=O)N(Cc2ccc(OC)cc2)C(=O)C12CCN(Cc1cc(OC)ccc1F)CC2. The zero-order valence-electron chi connectivity index (χ0n) is 21.2. The maximum atomic E-state index is 14.4. The van der Waals surface area contributed by atoms with Crippen LogP contribution in [0.3, 0.4) is 0 Å². The molecule has 2 aromatic rings. The van der Waals surface area contributed by atoms with Crippen LogP contribution in [0.25, 0.3) is 0 Å². The summed E-state index contributed by atoms with van der Waals surface area (Å²) in [5, 5.41) is 0. The Morgan fingerprint density at radius 2 is 1.58 bits per heavy atom. The standard InChI is InChI=1S/C27H34FN3O5/c1-34-16-4-13-31-26(33)30(18-20-5-7-22(35-2)8-6-20)25(32)27(31)11-14-29(15-12-27)19-21-17-23(36-3)9-10-24(21)28/h5-10,17H,4,11-16,18-19H2,1-3H3. The van der Waals surface area contributed by atoms with Gasteiger partial charge in [0.25, 0.3) is 5.91 Å². The van der Waals surface area contributed by atoms with Gasteiger partial charge in [0.1, 0.15) is 22.9 Å². The van der Waals surface area contributed by atoms with Crippen LogP contribution in [0, 0.1) is 5.82 Å². The first kappa shape index (κ1) is 25.9. The van der Waals surface area contributed by atoms with Crippen molar-refractivity contribution in [2.75, 3.05) is 47.6 Å². The first-order chi connectivity index (χ1) is 17.4. The van der Waals surface area contributed by atoms with E-state index in [1.54, 1.807) is 38.4 Å². The molecule has 2 fully saturated rings. The van der Waals surface area contributed by atoms with E-state index in [1.807, 2.05) is 24.3 Å². The van der Waals surface area contributed by atoms with Crippen LogP contribution in [0.2, 0.25) is 0 Å². The average Bonchev–Trinajstić information content (AvgIpc) is 3.08. The van der Waals surface area contributed by atoms with E-state index >= 15 is 0 Å². The minimum Gasteiger partial charge on any atom is -0.497 e. The molecule has 2 aliphatic heterocycles. The lowest BCUT2D eigenvalue weighted by Gasteiger charge is -2.42. The predicted octanol–water partition coefficient (Wildman–Crippen LogP) is 3.68. The lowest BCUT2D eigenvalue weighted by Crippen LogP contribution is -2.56. The Kier molecular flexibility index (Phi) is 8.11. The second-order valence-corrected chi connectivity index (χ2v) is 9.29. The van der Waals surface area contributed by atoms with Crippen molar-refractivity contribution in [3.05, 3.63) is 59.4 Å². The van der Waals surface area contributed by atoms with Crippen LogP contribution in [-0.2, 0) is 22.6 Å². The second kappa shape index (κ2) is 11.3. The average molecular weight is 500 g/mol. The number of amides is 3. The number of likely N-dealkylation sites (tertiary alicyclic amines) is 1. The minimum atomic E-state index is -0.888. The van der Waals surface area contributed by atoms with E-state index in [1.165, 1.54) is 11.0 Å². The third kappa shape index (κ3) is 5.17. The van der Waals surface area contributed by atoms with Crippen LogP contribution in [0.4, 0.5) is 9.18 Å². The van der Waals surface area contributed by atoms with E-state index in [0.29, 0.717) is 63.4 Å². The van der Waals surface area contributed by atoms with Crippen LogP contribution in [0.1, 0.15) is 30.4 Å². The molecule has 3 amide bonds. The van der Waals surface area contributed by atoms with Crippen molar-refractivity contribution in [1.82, 2.24) is 14.7 Å². The van der Waals surface area contributed by atoms with E-state index in [-0.39, 0.29) is 24.3 Å². The van der Waals surface area contributed by atoms with Gasteiger partial charge in [-0.05, 0) is 55.2 Å². The molecule has 0 radical (unpaired) electrons. The Morgan fingerprint density at radius 3 is 2.22 bits per heavy atom. The zero-order chi connectivity index (χ0) is 25.7. The number of rotatable bonds is 10. The number of carbonyl (C=O) groups excluding carboxylic acids is 2. The lowest BCUT2D eigenvalue weighted by atomic mass is 9.85. The maximum absolute atomic E-state index is 14.4. The van der Waals surface area contributed by atoms with Gasteiger partial charge in [0.2, 0.25) is 0 Å². The van der Waals surface area contributed by atoms with Crippen molar-refractivity contribution in [1.29, 1.82) is 0 Å². The van der Waals surface area contributed by atoms with E-state index in [2.05, 4.69) is 4.90 Å². The monoisotopic (exact) mass is 499 g/mol. The summed E-state index contributed by atoms with van der Waals surface area (Å²) in [6, 6.07) is 11.8. The molecule has 194 valence electrons. The van der Waals surface area contributed by atoms with Crippen LogP contribution in [-0.4, -0.2) is 79.7 Å². The highest BCUT2D eigenvalue weighted by molar-refractivity contribution is 6.07. The van der Waals surface area contributed by atoms with Gasteiger partial charge in [0.05, 0.1) is 20.8 Å². The summed E-state index contributed by atoms with van der Waals surface area (Å²) in [6.07, 6.45) is 1.64. The highest BCUT2D eigenvalue weighted by Gasteiger charge is 2.57. The molecule has 8 nitrogen and oxygen atoms in total. The second-order valence-electron chi connectivity index (χ2n) is 9.29. The van der Waals surface area contributed by atoms with Crippen molar-refractivity contribution in [2.45, 2.75) is 37.9 Å². The summed E-state index contributed by atoms with van der Waals surface area (Å²) < 4.78 is 30.0. The van der Waals surface area contributed by atoms with Crippen molar-refractivity contribution in [3.8, 4) is 11.5 Å². The number of piperidine rings is 1. The highest BCUT2D eigenvalue weighted by atomic mass is 19.1. The van der Waals surface area contributed by atoms with Crippen molar-refractivity contribution < 1.29 is 28.2 Å². The molecule has 0 aromatic heterocycles. The summed E-state index contributed by atoms with van der Waals surface area (Å²) in [4.78, 5) is 32.5. The summed E-state index contributed by atoms with van der Waals surface area (Å²) in [5.41, 5.74) is 0.523. The third-order valence-corrected chi connectivity index (χ3v) is 7.18. The van der Waals surface area contributed by atoms with Gasteiger partial charge >= 0.3 is 6.03 Å². The molecule has 36 heavy (non-hydrogen) atoms. The molecule has 4 rings (SSSR count). The van der Waals surface area contributed by atoms with Crippen molar-refractivity contribution >= 4 is 11.9 Å². The molecule has 2 heterocycles.